The third-order valence-corrected chi connectivity index (χ3v) is 5.91. The summed E-state index contributed by atoms with van der Waals surface area (Å²) in [5, 5.41) is 10.9. The lowest BCUT2D eigenvalue weighted by molar-refractivity contribution is -0.105. The van der Waals surface area contributed by atoms with Gasteiger partial charge in [-0.1, -0.05) is 6.42 Å². The summed E-state index contributed by atoms with van der Waals surface area (Å²) < 4.78 is 20.4. The molecule has 1 saturated carbocycles. The van der Waals surface area contributed by atoms with Gasteiger partial charge in [-0.2, -0.15) is 5.26 Å². The second kappa shape index (κ2) is 9.69. The zero-order valence-corrected chi connectivity index (χ0v) is 18.1. The topological polar surface area (TPSA) is 87.4 Å². The summed E-state index contributed by atoms with van der Waals surface area (Å²) in [6, 6.07) is 10.2. The molecular weight excluding hydrogens is 395 g/mol. The molecule has 162 valence electrons. The number of rotatable bonds is 3. The molecule has 0 saturated heterocycles. The first kappa shape index (κ1) is 22.4. The number of amides is 1. The number of hydrogen-bond acceptors (Lipinski definition) is 5. The Morgan fingerprint density at radius 1 is 1.26 bits per heavy atom. The number of ether oxygens (including phenoxy) is 1. The average Bonchev–Trinajstić information content (AvgIpc) is 2.76. The van der Waals surface area contributed by atoms with Crippen molar-refractivity contribution in [1.29, 1.82) is 5.26 Å². The number of halogens is 1. The van der Waals surface area contributed by atoms with Gasteiger partial charge in [0.1, 0.15) is 18.0 Å². The highest BCUT2D eigenvalue weighted by atomic mass is 19.1. The molecule has 2 aromatic rings. The highest BCUT2D eigenvalue weighted by molar-refractivity contribution is 5.75. The van der Waals surface area contributed by atoms with Gasteiger partial charge in [-0.15, -0.1) is 0 Å². The van der Waals surface area contributed by atoms with Crippen molar-refractivity contribution in [1.82, 2.24) is 4.98 Å². The Kier molecular flexibility index (Phi) is 7.01. The van der Waals surface area contributed by atoms with E-state index in [0.29, 0.717) is 29.1 Å². The standard InChI is InChI=1S/C17H21FN2O2.C7H6N2/c1-11-20-17(2,13-5-3-4-6-16(13)22-11)14-9-12(19-10-21)7-8-15(14)18;1-6-2-3-7(4-8)5-9-6/h7-10,13,16H,3-6H2,1-2H3,(H,19,21);2-3,5H,1H3. The summed E-state index contributed by atoms with van der Waals surface area (Å²) in [7, 11) is 0. The van der Waals surface area contributed by atoms with Crippen molar-refractivity contribution in [2.45, 2.75) is 58.1 Å². The van der Waals surface area contributed by atoms with Crippen LogP contribution in [0.5, 0.6) is 0 Å². The van der Waals surface area contributed by atoms with Crippen molar-refractivity contribution in [2.75, 3.05) is 5.32 Å². The van der Waals surface area contributed by atoms with Gasteiger partial charge in [0.05, 0.1) is 11.1 Å². The summed E-state index contributed by atoms with van der Waals surface area (Å²) in [6.07, 6.45) is 6.47. The van der Waals surface area contributed by atoms with Gasteiger partial charge in [0.15, 0.2) is 5.90 Å². The van der Waals surface area contributed by atoms with Gasteiger partial charge in [-0.3, -0.25) is 9.78 Å². The predicted molar refractivity (Wildman–Crippen MR) is 117 cm³/mol. The first-order chi connectivity index (χ1) is 14.9. The van der Waals surface area contributed by atoms with Crippen LogP contribution < -0.4 is 5.32 Å². The molecule has 3 unspecified atom stereocenters. The van der Waals surface area contributed by atoms with E-state index < -0.39 is 5.54 Å². The summed E-state index contributed by atoms with van der Waals surface area (Å²) in [5.41, 5.74) is 2.01. The number of benzene rings is 1. The van der Waals surface area contributed by atoms with Crippen LogP contribution in [0.4, 0.5) is 10.1 Å². The molecule has 1 fully saturated rings. The number of carbonyl (C=O) groups is 1. The number of nitrogens with zero attached hydrogens (tertiary/aromatic N) is 3. The smallest absolute Gasteiger partial charge is 0.211 e. The molecule has 2 aliphatic rings. The normalized spacial score (nSPS) is 24.3. The number of nitrogens with one attached hydrogen (secondary N) is 1. The van der Waals surface area contributed by atoms with Gasteiger partial charge in [0.25, 0.3) is 0 Å². The van der Waals surface area contributed by atoms with Crippen LogP contribution in [-0.4, -0.2) is 23.4 Å². The fourth-order valence-corrected chi connectivity index (χ4v) is 4.40. The van der Waals surface area contributed by atoms with E-state index in [9.17, 15) is 9.18 Å². The van der Waals surface area contributed by atoms with E-state index in [1.807, 2.05) is 32.9 Å². The van der Waals surface area contributed by atoms with Gasteiger partial charge in [0, 0.05) is 36.0 Å². The number of fused-ring (bicyclic) bond motifs is 1. The zero-order valence-electron chi connectivity index (χ0n) is 18.1. The molecular formula is C24H27FN4O2. The highest BCUT2D eigenvalue weighted by Crippen LogP contribution is 2.47. The van der Waals surface area contributed by atoms with E-state index in [0.717, 1.165) is 31.4 Å². The van der Waals surface area contributed by atoms with E-state index in [2.05, 4.69) is 15.3 Å². The Labute approximate surface area is 182 Å². The number of aryl methyl sites for hydroxylation is 1. The van der Waals surface area contributed by atoms with Crippen LogP contribution in [-0.2, 0) is 15.1 Å². The molecule has 2 heterocycles. The molecule has 6 nitrogen and oxygen atoms in total. The number of aromatic nitrogens is 1. The molecule has 1 aromatic heterocycles. The number of anilines is 1. The van der Waals surface area contributed by atoms with Crippen LogP contribution in [0.25, 0.3) is 0 Å². The van der Waals surface area contributed by atoms with Crippen LogP contribution in [0, 0.1) is 30.0 Å². The molecule has 1 aromatic carbocycles. The second-order valence-corrected chi connectivity index (χ2v) is 8.08. The fourth-order valence-electron chi connectivity index (χ4n) is 4.40. The predicted octanol–water partition coefficient (Wildman–Crippen LogP) is 4.88. The summed E-state index contributed by atoms with van der Waals surface area (Å²) in [6.45, 7) is 5.70. The van der Waals surface area contributed by atoms with Gasteiger partial charge in [0.2, 0.25) is 6.41 Å². The van der Waals surface area contributed by atoms with Crippen molar-refractivity contribution in [3.05, 3.63) is 59.2 Å². The van der Waals surface area contributed by atoms with E-state index in [1.54, 1.807) is 24.4 Å². The molecule has 31 heavy (non-hydrogen) atoms. The molecule has 0 bridgehead atoms. The van der Waals surface area contributed by atoms with Gasteiger partial charge >= 0.3 is 0 Å². The fraction of sp³-hybridized carbons (Fsp3) is 0.417. The number of carbonyl (C=O) groups excluding carboxylic acids is 1. The molecule has 1 aliphatic heterocycles. The molecule has 0 spiro atoms. The largest absolute Gasteiger partial charge is 0.478 e. The third kappa shape index (κ3) is 5.08. The van der Waals surface area contributed by atoms with Crippen molar-refractivity contribution < 1.29 is 13.9 Å². The summed E-state index contributed by atoms with van der Waals surface area (Å²) in [5.74, 6) is 0.478. The zero-order chi connectivity index (χ0) is 22.4. The number of pyridine rings is 1. The van der Waals surface area contributed by atoms with Gasteiger partial charge in [-0.25, -0.2) is 9.38 Å². The number of nitriles is 1. The molecule has 1 amide bonds. The first-order valence-corrected chi connectivity index (χ1v) is 10.4. The third-order valence-electron chi connectivity index (χ3n) is 5.91. The lowest BCUT2D eigenvalue weighted by Gasteiger charge is -2.45. The number of hydrogen-bond donors (Lipinski definition) is 1. The molecule has 7 heteroatoms. The Balaban J connectivity index is 0.000000254. The lowest BCUT2D eigenvalue weighted by Crippen LogP contribution is -2.47. The van der Waals surface area contributed by atoms with Gasteiger partial charge < -0.3 is 10.1 Å². The lowest BCUT2D eigenvalue weighted by atomic mass is 9.70. The van der Waals surface area contributed by atoms with E-state index >= 15 is 0 Å². The minimum atomic E-state index is -0.655. The maximum absolute atomic E-state index is 14.5. The van der Waals surface area contributed by atoms with Crippen LogP contribution in [0.2, 0.25) is 0 Å². The van der Waals surface area contributed by atoms with Crippen LogP contribution in [0.15, 0.2) is 41.5 Å². The summed E-state index contributed by atoms with van der Waals surface area (Å²) >= 11 is 0. The van der Waals surface area contributed by atoms with E-state index in [1.165, 1.54) is 6.07 Å². The Morgan fingerprint density at radius 3 is 2.71 bits per heavy atom. The second-order valence-electron chi connectivity index (χ2n) is 8.08. The first-order valence-electron chi connectivity index (χ1n) is 10.4. The Bertz CT molecular complexity index is 1000. The quantitative estimate of drug-likeness (QED) is 0.714. The molecule has 1 aliphatic carbocycles. The van der Waals surface area contributed by atoms with E-state index in [4.69, 9.17) is 10.00 Å². The Morgan fingerprint density at radius 2 is 2.03 bits per heavy atom. The Hall–Kier alpha value is -3.27. The minimum absolute atomic E-state index is 0.0957. The van der Waals surface area contributed by atoms with Crippen LogP contribution in [0.1, 0.15) is 56.4 Å². The maximum Gasteiger partial charge on any atom is 0.211 e. The molecule has 1 N–H and O–H groups in total. The van der Waals surface area contributed by atoms with Crippen LogP contribution in [0.3, 0.4) is 0 Å². The van der Waals surface area contributed by atoms with Crippen molar-refractivity contribution in [2.24, 2.45) is 10.9 Å². The number of aliphatic imine (C=N–C) groups is 1. The highest BCUT2D eigenvalue weighted by Gasteiger charge is 2.47. The van der Waals surface area contributed by atoms with Crippen molar-refractivity contribution >= 4 is 18.0 Å². The van der Waals surface area contributed by atoms with Crippen molar-refractivity contribution in [3.8, 4) is 6.07 Å². The molecule has 4 rings (SSSR count). The molecule has 3 atom stereocenters. The van der Waals surface area contributed by atoms with Gasteiger partial charge in [-0.05, 0) is 63.4 Å². The summed E-state index contributed by atoms with van der Waals surface area (Å²) in [4.78, 5) is 19.3. The average molecular weight is 423 g/mol. The monoisotopic (exact) mass is 422 g/mol. The van der Waals surface area contributed by atoms with E-state index in [-0.39, 0.29) is 17.8 Å². The minimum Gasteiger partial charge on any atom is -0.478 e. The van der Waals surface area contributed by atoms with Crippen molar-refractivity contribution in [3.63, 3.8) is 0 Å². The maximum atomic E-state index is 14.5. The SMILES string of the molecule is CC1=NC(C)(c2cc(NC=O)ccc2F)C2CCCCC2O1.Cc1ccc(C#N)cn1. The molecule has 0 radical (unpaired) electrons. The van der Waals surface area contributed by atoms with Crippen LogP contribution >= 0.6 is 0 Å².